The zero-order valence-corrected chi connectivity index (χ0v) is 15.8. The van der Waals surface area contributed by atoms with Crippen LogP contribution in [0.5, 0.6) is 0 Å². The molecule has 1 aromatic heterocycles. The molecule has 0 spiro atoms. The first-order valence-corrected chi connectivity index (χ1v) is 8.38. The lowest BCUT2D eigenvalue weighted by atomic mass is 9.90. The van der Waals surface area contributed by atoms with Gasteiger partial charge in [0.05, 0.1) is 11.1 Å². The van der Waals surface area contributed by atoms with Gasteiger partial charge >= 0.3 is 6.18 Å². The van der Waals surface area contributed by atoms with Crippen molar-refractivity contribution in [2.75, 3.05) is 0 Å². The Kier molecular flexibility index (Phi) is 5.55. The summed E-state index contributed by atoms with van der Waals surface area (Å²) in [6.45, 7) is 4.60. The average Bonchev–Trinajstić information content (AvgIpc) is 2.53. The Morgan fingerprint density at radius 2 is 1.81 bits per heavy atom. The highest BCUT2D eigenvalue weighted by atomic mass is 79.9. The zero-order chi connectivity index (χ0) is 19.7. The largest absolute Gasteiger partial charge is 0.418 e. The maximum atomic E-state index is 13.1. The standard InChI is InChI=1S/C18H16BrF3N2O2/c1-10-9-11(19)6-7-12(10)15(25)17(2,3)24-16(26)14-13(18(20,21)22)5-4-8-23-14/h4-9H,1-3H3,(H,24,26). The summed E-state index contributed by atoms with van der Waals surface area (Å²) in [6, 6.07) is 6.89. The molecule has 0 fully saturated rings. The van der Waals surface area contributed by atoms with E-state index >= 15 is 0 Å². The summed E-state index contributed by atoms with van der Waals surface area (Å²) < 4.78 is 40.0. The third-order valence-electron chi connectivity index (χ3n) is 3.75. The van der Waals surface area contributed by atoms with Crippen molar-refractivity contribution in [3.05, 3.63) is 63.4 Å². The molecular weight excluding hydrogens is 413 g/mol. The van der Waals surface area contributed by atoms with Crippen molar-refractivity contribution < 1.29 is 22.8 Å². The van der Waals surface area contributed by atoms with E-state index in [4.69, 9.17) is 0 Å². The average molecular weight is 429 g/mol. The molecule has 0 radical (unpaired) electrons. The minimum absolute atomic E-state index is 0.371. The van der Waals surface area contributed by atoms with Gasteiger partial charge in [-0.1, -0.05) is 15.9 Å². The number of hydrogen-bond acceptors (Lipinski definition) is 3. The summed E-state index contributed by atoms with van der Waals surface area (Å²) >= 11 is 3.30. The van der Waals surface area contributed by atoms with Crippen LogP contribution in [-0.2, 0) is 6.18 Å². The van der Waals surface area contributed by atoms with Gasteiger partial charge in [-0.15, -0.1) is 0 Å². The number of carbonyl (C=O) groups is 2. The molecule has 1 aromatic carbocycles. The van der Waals surface area contributed by atoms with Gasteiger partial charge in [-0.05, 0) is 56.7 Å². The van der Waals surface area contributed by atoms with Gasteiger partial charge in [0.2, 0.25) is 0 Å². The van der Waals surface area contributed by atoms with E-state index < -0.39 is 34.7 Å². The highest BCUT2D eigenvalue weighted by molar-refractivity contribution is 9.10. The molecule has 2 rings (SSSR count). The number of halogens is 4. The summed E-state index contributed by atoms with van der Waals surface area (Å²) in [4.78, 5) is 28.7. The van der Waals surface area contributed by atoms with Crippen LogP contribution in [0.4, 0.5) is 13.2 Å². The molecule has 1 amide bonds. The number of Topliss-reactive ketones (excluding diaryl/α,β-unsaturated/α-hetero) is 1. The second kappa shape index (κ2) is 7.19. The highest BCUT2D eigenvalue weighted by Gasteiger charge is 2.38. The SMILES string of the molecule is Cc1cc(Br)ccc1C(=O)C(C)(C)NC(=O)c1ncccc1C(F)(F)F. The number of amides is 1. The Morgan fingerprint density at radius 1 is 1.15 bits per heavy atom. The topological polar surface area (TPSA) is 59.1 Å². The summed E-state index contributed by atoms with van der Waals surface area (Å²) in [5.41, 5.74) is -2.29. The fourth-order valence-electron chi connectivity index (χ4n) is 2.43. The minimum Gasteiger partial charge on any atom is -0.338 e. The molecule has 26 heavy (non-hydrogen) atoms. The van der Waals surface area contributed by atoms with Crippen LogP contribution in [0.15, 0.2) is 41.0 Å². The summed E-state index contributed by atoms with van der Waals surface area (Å²) in [5, 5.41) is 2.36. The van der Waals surface area contributed by atoms with Gasteiger partial charge in [0.25, 0.3) is 5.91 Å². The molecule has 0 aliphatic heterocycles. The Labute approximate surface area is 156 Å². The van der Waals surface area contributed by atoms with Gasteiger partial charge in [0, 0.05) is 16.2 Å². The first-order valence-electron chi connectivity index (χ1n) is 7.59. The third-order valence-corrected chi connectivity index (χ3v) is 4.25. The Morgan fingerprint density at radius 3 is 2.38 bits per heavy atom. The van der Waals surface area contributed by atoms with Crippen LogP contribution in [0.1, 0.15) is 45.8 Å². The van der Waals surface area contributed by atoms with Crippen molar-refractivity contribution in [2.24, 2.45) is 0 Å². The summed E-state index contributed by atoms with van der Waals surface area (Å²) in [6.07, 6.45) is -3.63. The summed E-state index contributed by atoms with van der Waals surface area (Å²) in [7, 11) is 0. The lowest BCUT2D eigenvalue weighted by Crippen LogP contribution is -2.50. The smallest absolute Gasteiger partial charge is 0.338 e. The second-order valence-corrected chi connectivity index (χ2v) is 7.18. The van der Waals surface area contributed by atoms with E-state index in [1.54, 1.807) is 25.1 Å². The van der Waals surface area contributed by atoms with E-state index in [0.717, 1.165) is 22.8 Å². The van der Waals surface area contributed by atoms with Gasteiger partial charge in [0.1, 0.15) is 5.69 Å². The van der Waals surface area contributed by atoms with Crippen LogP contribution >= 0.6 is 15.9 Å². The van der Waals surface area contributed by atoms with Crippen molar-refractivity contribution in [2.45, 2.75) is 32.5 Å². The molecule has 1 heterocycles. The van der Waals surface area contributed by atoms with Crippen LogP contribution in [0.3, 0.4) is 0 Å². The number of aromatic nitrogens is 1. The normalized spacial score (nSPS) is 12.0. The van der Waals surface area contributed by atoms with Gasteiger partial charge in [0.15, 0.2) is 5.78 Å². The van der Waals surface area contributed by atoms with E-state index in [2.05, 4.69) is 26.2 Å². The van der Waals surface area contributed by atoms with Gasteiger partial charge in [-0.2, -0.15) is 13.2 Å². The number of pyridine rings is 1. The minimum atomic E-state index is -4.72. The Hall–Kier alpha value is -2.22. The predicted molar refractivity (Wildman–Crippen MR) is 94.0 cm³/mol. The molecule has 4 nitrogen and oxygen atoms in total. The predicted octanol–water partition coefficient (Wildman–Crippen LogP) is 4.56. The zero-order valence-electron chi connectivity index (χ0n) is 14.2. The van der Waals surface area contributed by atoms with Crippen molar-refractivity contribution in [1.29, 1.82) is 0 Å². The van der Waals surface area contributed by atoms with Gasteiger partial charge in [-0.25, -0.2) is 0 Å². The van der Waals surface area contributed by atoms with E-state index in [0.29, 0.717) is 11.1 Å². The number of benzene rings is 1. The van der Waals surface area contributed by atoms with E-state index in [-0.39, 0.29) is 0 Å². The molecule has 0 saturated heterocycles. The van der Waals surface area contributed by atoms with E-state index in [9.17, 15) is 22.8 Å². The van der Waals surface area contributed by atoms with Crippen molar-refractivity contribution in [3.8, 4) is 0 Å². The number of aryl methyl sites for hydroxylation is 1. The quantitative estimate of drug-likeness (QED) is 0.725. The molecule has 0 aliphatic rings. The molecule has 0 bridgehead atoms. The fourth-order valence-corrected chi connectivity index (χ4v) is 2.91. The number of carbonyl (C=O) groups excluding carboxylic acids is 2. The molecule has 138 valence electrons. The van der Waals surface area contributed by atoms with Crippen LogP contribution in [-0.4, -0.2) is 22.2 Å². The number of ketones is 1. The molecule has 2 aromatic rings. The number of nitrogens with zero attached hydrogens (tertiary/aromatic N) is 1. The van der Waals surface area contributed by atoms with Crippen molar-refractivity contribution in [1.82, 2.24) is 10.3 Å². The van der Waals surface area contributed by atoms with Crippen LogP contribution in [0.25, 0.3) is 0 Å². The second-order valence-electron chi connectivity index (χ2n) is 6.26. The van der Waals surface area contributed by atoms with E-state index in [1.807, 2.05) is 0 Å². The molecule has 0 saturated carbocycles. The first kappa shape index (κ1) is 20.1. The molecule has 0 unspecified atom stereocenters. The Balaban J connectivity index is 2.32. The number of nitrogens with one attached hydrogen (secondary N) is 1. The maximum Gasteiger partial charge on any atom is 0.418 e. The molecule has 8 heteroatoms. The van der Waals surface area contributed by atoms with Crippen LogP contribution in [0, 0.1) is 6.92 Å². The Bertz CT molecular complexity index is 864. The molecule has 0 aliphatic carbocycles. The fraction of sp³-hybridized carbons (Fsp3) is 0.278. The molecular formula is C18H16BrF3N2O2. The number of alkyl halides is 3. The molecule has 1 N–H and O–H groups in total. The van der Waals surface area contributed by atoms with Crippen LogP contribution < -0.4 is 5.32 Å². The highest BCUT2D eigenvalue weighted by Crippen LogP contribution is 2.31. The lowest BCUT2D eigenvalue weighted by Gasteiger charge is -2.26. The number of hydrogen-bond donors (Lipinski definition) is 1. The van der Waals surface area contributed by atoms with Gasteiger partial charge in [-0.3, -0.25) is 14.6 Å². The monoisotopic (exact) mass is 428 g/mol. The van der Waals surface area contributed by atoms with E-state index in [1.165, 1.54) is 13.8 Å². The lowest BCUT2D eigenvalue weighted by molar-refractivity contribution is -0.138. The molecule has 0 atom stereocenters. The van der Waals surface area contributed by atoms with Crippen molar-refractivity contribution >= 4 is 27.6 Å². The number of rotatable bonds is 4. The van der Waals surface area contributed by atoms with Crippen molar-refractivity contribution in [3.63, 3.8) is 0 Å². The van der Waals surface area contributed by atoms with Gasteiger partial charge < -0.3 is 5.32 Å². The first-order chi connectivity index (χ1) is 11.9. The van der Waals surface area contributed by atoms with Crippen LogP contribution in [0.2, 0.25) is 0 Å². The third kappa shape index (κ3) is 4.30. The maximum absolute atomic E-state index is 13.1. The summed E-state index contributed by atoms with van der Waals surface area (Å²) in [5.74, 6) is -1.48.